The number of methoxy groups -OCH3 is 2. The van der Waals surface area contributed by atoms with E-state index >= 15 is 0 Å². The standard InChI is InChI=1S/C16H18N2O4/c1-20-14-3-4-15(21-2)12(10-14)9-13(11-17)16(19)18-5-7-22-8-6-18/h3-4,9-10H,5-8H2,1-2H3/b13-9-. The summed E-state index contributed by atoms with van der Waals surface area (Å²) in [6.45, 7) is 1.97. The van der Waals surface area contributed by atoms with Crippen LogP contribution in [0.15, 0.2) is 23.8 Å². The number of carbonyl (C=O) groups excluding carboxylic acids is 1. The molecule has 6 heteroatoms. The highest BCUT2D eigenvalue weighted by atomic mass is 16.5. The van der Waals surface area contributed by atoms with Gasteiger partial charge in [-0.2, -0.15) is 5.26 Å². The summed E-state index contributed by atoms with van der Waals surface area (Å²) >= 11 is 0. The lowest BCUT2D eigenvalue weighted by atomic mass is 10.1. The Morgan fingerprint density at radius 1 is 1.32 bits per heavy atom. The topological polar surface area (TPSA) is 71.8 Å². The molecular weight excluding hydrogens is 284 g/mol. The molecule has 0 radical (unpaired) electrons. The van der Waals surface area contributed by atoms with Gasteiger partial charge >= 0.3 is 0 Å². The second-order valence-electron chi connectivity index (χ2n) is 4.68. The Hall–Kier alpha value is -2.52. The molecule has 116 valence electrons. The SMILES string of the molecule is COc1ccc(OC)c(/C=C(/C#N)C(=O)N2CCOCC2)c1. The van der Waals surface area contributed by atoms with E-state index in [2.05, 4.69) is 0 Å². The van der Waals surface area contributed by atoms with Gasteiger partial charge in [-0.3, -0.25) is 4.79 Å². The Balaban J connectivity index is 2.31. The Kier molecular flexibility index (Phi) is 5.39. The molecule has 0 aliphatic carbocycles. The number of hydrogen-bond acceptors (Lipinski definition) is 5. The first-order valence-electron chi connectivity index (χ1n) is 6.90. The van der Waals surface area contributed by atoms with Crippen molar-refractivity contribution in [3.05, 3.63) is 29.3 Å². The number of rotatable bonds is 4. The van der Waals surface area contributed by atoms with E-state index in [1.165, 1.54) is 13.2 Å². The van der Waals surface area contributed by atoms with Gasteiger partial charge in [0.15, 0.2) is 0 Å². The molecule has 0 unspecified atom stereocenters. The summed E-state index contributed by atoms with van der Waals surface area (Å²) in [5, 5.41) is 9.31. The molecule has 6 nitrogen and oxygen atoms in total. The van der Waals surface area contributed by atoms with Crippen LogP contribution in [0, 0.1) is 11.3 Å². The van der Waals surface area contributed by atoms with E-state index in [1.807, 2.05) is 6.07 Å². The summed E-state index contributed by atoms with van der Waals surface area (Å²) in [4.78, 5) is 14.0. The minimum absolute atomic E-state index is 0.0634. The van der Waals surface area contributed by atoms with Crippen molar-refractivity contribution in [1.82, 2.24) is 4.90 Å². The second-order valence-corrected chi connectivity index (χ2v) is 4.68. The maximum absolute atomic E-state index is 12.4. The van der Waals surface area contributed by atoms with Crippen LogP contribution in [0.5, 0.6) is 11.5 Å². The summed E-state index contributed by atoms with van der Waals surface area (Å²) in [6, 6.07) is 7.19. The molecular formula is C16H18N2O4. The van der Waals surface area contributed by atoms with Crippen LogP contribution in [0.2, 0.25) is 0 Å². The van der Waals surface area contributed by atoms with Gasteiger partial charge in [-0.25, -0.2) is 0 Å². The lowest BCUT2D eigenvalue weighted by Gasteiger charge is -2.26. The minimum atomic E-state index is -0.296. The Morgan fingerprint density at radius 3 is 2.64 bits per heavy atom. The van der Waals surface area contributed by atoms with E-state index in [1.54, 1.807) is 30.2 Å². The fraction of sp³-hybridized carbons (Fsp3) is 0.375. The number of nitrogens with zero attached hydrogens (tertiary/aromatic N) is 2. The number of nitriles is 1. The third kappa shape index (κ3) is 3.57. The molecule has 1 aromatic carbocycles. The minimum Gasteiger partial charge on any atom is -0.497 e. The summed E-state index contributed by atoms with van der Waals surface area (Å²) in [5.41, 5.74) is 0.688. The Bertz CT molecular complexity index is 613. The highest BCUT2D eigenvalue weighted by molar-refractivity contribution is 6.02. The molecule has 1 aliphatic heterocycles. The zero-order chi connectivity index (χ0) is 15.9. The number of amides is 1. The number of carbonyl (C=O) groups is 1. The van der Waals surface area contributed by atoms with E-state index < -0.39 is 0 Å². The summed E-state index contributed by atoms with van der Waals surface area (Å²) < 4.78 is 15.6. The van der Waals surface area contributed by atoms with Crippen molar-refractivity contribution in [2.45, 2.75) is 0 Å². The molecule has 0 bridgehead atoms. The van der Waals surface area contributed by atoms with Gasteiger partial charge in [0.25, 0.3) is 5.91 Å². The van der Waals surface area contributed by atoms with Crippen molar-refractivity contribution in [3.63, 3.8) is 0 Å². The lowest BCUT2D eigenvalue weighted by Crippen LogP contribution is -2.41. The van der Waals surface area contributed by atoms with Crippen molar-refractivity contribution in [2.24, 2.45) is 0 Å². The normalized spacial score (nSPS) is 15.1. The molecule has 1 amide bonds. The highest BCUT2D eigenvalue weighted by Gasteiger charge is 2.21. The number of morpholine rings is 1. The molecule has 1 aliphatic rings. The second kappa shape index (κ2) is 7.48. The Labute approximate surface area is 129 Å². The van der Waals surface area contributed by atoms with E-state index in [-0.39, 0.29) is 11.5 Å². The summed E-state index contributed by atoms with van der Waals surface area (Å²) in [7, 11) is 3.09. The third-order valence-corrected chi connectivity index (χ3v) is 3.39. The largest absolute Gasteiger partial charge is 0.497 e. The van der Waals surface area contributed by atoms with Gasteiger partial charge < -0.3 is 19.1 Å². The van der Waals surface area contributed by atoms with E-state index in [9.17, 15) is 10.1 Å². The first-order valence-corrected chi connectivity index (χ1v) is 6.90. The smallest absolute Gasteiger partial charge is 0.264 e. The average Bonchev–Trinajstić information content (AvgIpc) is 2.59. The summed E-state index contributed by atoms with van der Waals surface area (Å²) in [6.07, 6.45) is 1.53. The van der Waals surface area contributed by atoms with Crippen LogP contribution < -0.4 is 9.47 Å². The third-order valence-electron chi connectivity index (χ3n) is 3.39. The quantitative estimate of drug-likeness (QED) is 0.622. The maximum atomic E-state index is 12.4. The van der Waals surface area contributed by atoms with Crippen molar-refractivity contribution in [1.29, 1.82) is 5.26 Å². The molecule has 0 saturated carbocycles. The lowest BCUT2D eigenvalue weighted by molar-refractivity contribution is -0.130. The van der Waals surface area contributed by atoms with Crippen LogP contribution >= 0.6 is 0 Å². The zero-order valence-electron chi connectivity index (χ0n) is 12.7. The first kappa shape index (κ1) is 15.9. The first-order chi connectivity index (χ1) is 10.7. The highest BCUT2D eigenvalue weighted by Crippen LogP contribution is 2.26. The van der Waals surface area contributed by atoms with Crippen molar-refractivity contribution in [3.8, 4) is 17.6 Å². The molecule has 0 N–H and O–H groups in total. The molecule has 1 fully saturated rings. The van der Waals surface area contributed by atoms with Gasteiger partial charge in [-0.05, 0) is 24.3 Å². The molecule has 1 saturated heterocycles. The Morgan fingerprint density at radius 2 is 2.05 bits per heavy atom. The molecule has 0 atom stereocenters. The van der Waals surface area contributed by atoms with Gasteiger partial charge in [0.1, 0.15) is 23.1 Å². The number of hydrogen-bond donors (Lipinski definition) is 0. The van der Waals surface area contributed by atoms with Crippen LogP contribution in [-0.4, -0.2) is 51.3 Å². The van der Waals surface area contributed by atoms with Crippen molar-refractivity contribution < 1.29 is 19.0 Å². The number of benzene rings is 1. The average molecular weight is 302 g/mol. The van der Waals surface area contributed by atoms with Crippen LogP contribution in [-0.2, 0) is 9.53 Å². The van der Waals surface area contributed by atoms with Crippen LogP contribution in [0.4, 0.5) is 0 Å². The fourth-order valence-electron chi connectivity index (χ4n) is 2.19. The van der Waals surface area contributed by atoms with E-state index in [4.69, 9.17) is 14.2 Å². The van der Waals surface area contributed by atoms with Crippen LogP contribution in [0.25, 0.3) is 6.08 Å². The monoisotopic (exact) mass is 302 g/mol. The van der Waals surface area contributed by atoms with Crippen molar-refractivity contribution in [2.75, 3.05) is 40.5 Å². The van der Waals surface area contributed by atoms with Gasteiger partial charge in [-0.1, -0.05) is 0 Å². The molecule has 1 aromatic rings. The maximum Gasteiger partial charge on any atom is 0.264 e. The van der Waals surface area contributed by atoms with Gasteiger partial charge in [0.05, 0.1) is 27.4 Å². The molecule has 22 heavy (non-hydrogen) atoms. The predicted molar refractivity (Wildman–Crippen MR) is 80.5 cm³/mol. The van der Waals surface area contributed by atoms with E-state index in [0.29, 0.717) is 43.4 Å². The molecule has 2 rings (SSSR count). The van der Waals surface area contributed by atoms with E-state index in [0.717, 1.165) is 0 Å². The molecule has 0 spiro atoms. The molecule has 0 aromatic heterocycles. The predicted octanol–water partition coefficient (Wildman–Crippen LogP) is 1.47. The van der Waals surface area contributed by atoms with Gasteiger partial charge in [-0.15, -0.1) is 0 Å². The van der Waals surface area contributed by atoms with Gasteiger partial charge in [0.2, 0.25) is 0 Å². The van der Waals surface area contributed by atoms with Gasteiger partial charge in [0, 0.05) is 18.7 Å². The fourth-order valence-corrected chi connectivity index (χ4v) is 2.19. The number of ether oxygens (including phenoxy) is 3. The zero-order valence-corrected chi connectivity index (χ0v) is 12.7. The summed E-state index contributed by atoms with van der Waals surface area (Å²) in [5.74, 6) is 0.905. The van der Waals surface area contributed by atoms with Crippen LogP contribution in [0.3, 0.4) is 0 Å². The van der Waals surface area contributed by atoms with Crippen LogP contribution in [0.1, 0.15) is 5.56 Å². The molecule has 1 heterocycles. The van der Waals surface area contributed by atoms with Crippen molar-refractivity contribution >= 4 is 12.0 Å².